The van der Waals surface area contributed by atoms with Gasteiger partial charge in [0.05, 0.1) is 12.2 Å². The van der Waals surface area contributed by atoms with Gasteiger partial charge in [0.25, 0.3) is 0 Å². The summed E-state index contributed by atoms with van der Waals surface area (Å²) in [4.78, 5) is 22.3. The number of carbonyl (C=O) groups is 2. The van der Waals surface area contributed by atoms with Crippen LogP contribution in [0.1, 0.15) is 144 Å². The molecule has 4 heteroatoms. The molecule has 0 unspecified atom stereocenters. The number of rotatable bonds is 18. The maximum atomic E-state index is 11.2. The quantitative estimate of drug-likeness (QED) is 0.163. The van der Waals surface area contributed by atoms with E-state index in [-0.39, 0.29) is 24.1 Å². The van der Waals surface area contributed by atoms with Crippen LogP contribution in [-0.2, 0) is 19.1 Å². The van der Waals surface area contributed by atoms with Crippen molar-refractivity contribution in [2.45, 2.75) is 156 Å². The fourth-order valence-corrected chi connectivity index (χ4v) is 3.10. The summed E-state index contributed by atoms with van der Waals surface area (Å²) in [5.41, 5.74) is 0. The van der Waals surface area contributed by atoms with Gasteiger partial charge < -0.3 is 9.47 Å². The lowest BCUT2D eigenvalue weighted by molar-refractivity contribution is -0.148. The summed E-state index contributed by atoms with van der Waals surface area (Å²) in [6.45, 7) is 12.0. The first kappa shape index (κ1) is 31.1. The summed E-state index contributed by atoms with van der Waals surface area (Å²) in [7, 11) is 0. The molecule has 0 atom stereocenters. The van der Waals surface area contributed by atoms with Gasteiger partial charge in [-0.25, -0.2) is 0 Å². The standard InChI is InChI=1S/2C13H26O2/c2*1-4-5-6-7-8-9-10-11-13(14)15-12(2)3/h2*12H,4-11H2,1-3H3. The lowest BCUT2D eigenvalue weighted by Crippen LogP contribution is -2.10. The Morgan fingerprint density at radius 1 is 0.500 bits per heavy atom. The molecular formula is C26H52O4. The van der Waals surface area contributed by atoms with Gasteiger partial charge in [-0.3, -0.25) is 9.59 Å². The van der Waals surface area contributed by atoms with E-state index in [0.29, 0.717) is 12.8 Å². The highest BCUT2D eigenvalue weighted by Crippen LogP contribution is 2.10. The summed E-state index contributed by atoms with van der Waals surface area (Å²) in [5.74, 6) is -0.0860. The van der Waals surface area contributed by atoms with Crippen molar-refractivity contribution in [3.63, 3.8) is 0 Å². The highest BCUT2D eigenvalue weighted by atomic mass is 16.5. The predicted molar refractivity (Wildman–Crippen MR) is 128 cm³/mol. The molecule has 0 aromatic heterocycles. The molecule has 0 saturated heterocycles. The first-order valence-electron chi connectivity index (χ1n) is 12.7. The monoisotopic (exact) mass is 428 g/mol. The molecule has 0 spiro atoms. The zero-order chi connectivity index (χ0) is 23.0. The minimum Gasteiger partial charge on any atom is -0.463 e. The molecule has 0 bridgehead atoms. The summed E-state index contributed by atoms with van der Waals surface area (Å²) < 4.78 is 10.1. The molecule has 0 aromatic carbocycles. The molecule has 0 aliphatic rings. The van der Waals surface area contributed by atoms with Crippen LogP contribution in [0.15, 0.2) is 0 Å². The molecule has 0 heterocycles. The normalized spacial score (nSPS) is 10.7. The van der Waals surface area contributed by atoms with Crippen molar-refractivity contribution in [2.24, 2.45) is 0 Å². The van der Waals surface area contributed by atoms with E-state index in [0.717, 1.165) is 25.7 Å². The van der Waals surface area contributed by atoms with Gasteiger partial charge in [0, 0.05) is 12.8 Å². The third kappa shape index (κ3) is 29.1. The Kier molecular flexibility index (Phi) is 25.1. The molecule has 0 rings (SSSR count). The summed E-state index contributed by atoms with van der Waals surface area (Å²) in [6.07, 6.45) is 18.6. The van der Waals surface area contributed by atoms with E-state index in [1.165, 1.54) is 64.2 Å². The summed E-state index contributed by atoms with van der Waals surface area (Å²) in [6, 6.07) is 0. The average molecular weight is 429 g/mol. The fraction of sp³-hybridized carbons (Fsp3) is 0.923. The zero-order valence-corrected chi connectivity index (χ0v) is 21.1. The van der Waals surface area contributed by atoms with Gasteiger partial charge in [-0.15, -0.1) is 0 Å². The highest BCUT2D eigenvalue weighted by Gasteiger charge is 2.05. The molecular weight excluding hydrogens is 376 g/mol. The summed E-state index contributed by atoms with van der Waals surface area (Å²) >= 11 is 0. The lowest BCUT2D eigenvalue weighted by atomic mass is 10.1. The van der Waals surface area contributed by atoms with E-state index in [1.54, 1.807) is 0 Å². The maximum Gasteiger partial charge on any atom is 0.306 e. The van der Waals surface area contributed by atoms with Crippen LogP contribution in [-0.4, -0.2) is 24.1 Å². The van der Waals surface area contributed by atoms with Crippen molar-refractivity contribution in [2.75, 3.05) is 0 Å². The van der Waals surface area contributed by atoms with Gasteiger partial charge in [-0.1, -0.05) is 90.9 Å². The van der Waals surface area contributed by atoms with E-state index in [4.69, 9.17) is 9.47 Å². The van der Waals surface area contributed by atoms with Crippen LogP contribution in [0, 0.1) is 0 Å². The predicted octanol–water partition coefficient (Wildman–Crippen LogP) is 8.16. The highest BCUT2D eigenvalue weighted by molar-refractivity contribution is 5.69. The van der Waals surface area contributed by atoms with Crippen molar-refractivity contribution in [3.05, 3.63) is 0 Å². The Morgan fingerprint density at radius 2 is 0.767 bits per heavy atom. The third-order valence-corrected chi connectivity index (χ3v) is 4.70. The molecule has 30 heavy (non-hydrogen) atoms. The van der Waals surface area contributed by atoms with Crippen molar-refractivity contribution in [1.29, 1.82) is 0 Å². The van der Waals surface area contributed by atoms with E-state index < -0.39 is 0 Å². The van der Waals surface area contributed by atoms with Crippen LogP contribution in [0.25, 0.3) is 0 Å². The maximum absolute atomic E-state index is 11.2. The Balaban J connectivity index is 0. The second kappa shape index (κ2) is 24.2. The van der Waals surface area contributed by atoms with Gasteiger partial charge in [0.15, 0.2) is 0 Å². The minimum absolute atomic E-state index is 0.0297. The number of ether oxygens (including phenoxy) is 2. The molecule has 0 N–H and O–H groups in total. The van der Waals surface area contributed by atoms with Gasteiger partial charge in [0.1, 0.15) is 0 Å². The Labute approximate surface area is 187 Å². The van der Waals surface area contributed by atoms with Crippen molar-refractivity contribution in [1.82, 2.24) is 0 Å². The number of esters is 2. The van der Waals surface area contributed by atoms with E-state index in [2.05, 4.69) is 13.8 Å². The number of hydrogen-bond acceptors (Lipinski definition) is 4. The minimum atomic E-state index is -0.0430. The lowest BCUT2D eigenvalue weighted by Gasteiger charge is -2.07. The molecule has 180 valence electrons. The number of hydrogen-bond donors (Lipinski definition) is 0. The number of unbranched alkanes of at least 4 members (excludes halogenated alkanes) is 12. The molecule has 0 aliphatic heterocycles. The van der Waals surface area contributed by atoms with Crippen LogP contribution in [0.3, 0.4) is 0 Å². The Morgan fingerprint density at radius 3 is 1.03 bits per heavy atom. The second-order valence-electron chi connectivity index (χ2n) is 8.82. The van der Waals surface area contributed by atoms with Gasteiger partial charge >= 0.3 is 11.9 Å². The van der Waals surface area contributed by atoms with Crippen molar-refractivity contribution in [3.8, 4) is 0 Å². The van der Waals surface area contributed by atoms with Crippen molar-refractivity contribution < 1.29 is 19.1 Å². The van der Waals surface area contributed by atoms with Gasteiger partial charge in [-0.2, -0.15) is 0 Å². The first-order chi connectivity index (χ1) is 14.3. The smallest absolute Gasteiger partial charge is 0.306 e. The molecule has 0 aliphatic carbocycles. The Hall–Kier alpha value is -1.06. The Bertz CT molecular complexity index is 341. The van der Waals surface area contributed by atoms with E-state index in [9.17, 15) is 9.59 Å². The third-order valence-electron chi connectivity index (χ3n) is 4.70. The van der Waals surface area contributed by atoms with Crippen LogP contribution in [0.4, 0.5) is 0 Å². The van der Waals surface area contributed by atoms with Crippen LogP contribution >= 0.6 is 0 Å². The fourth-order valence-electron chi connectivity index (χ4n) is 3.10. The van der Waals surface area contributed by atoms with Crippen LogP contribution in [0.5, 0.6) is 0 Å². The van der Waals surface area contributed by atoms with E-state index in [1.807, 2.05) is 27.7 Å². The van der Waals surface area contributed by atoms with Gasteiger partial charge in [-0.05, 0) is 40.5 Å². The van der Waals surface area contributed by atoms with Crippen molar-refractivity contribution >= 4 is 11.9 Å². The summed E-state index contributed by atoms with van der Waals surface area (Å²) in [5, 5.41) is 0. The van der Waals surface area contributed by atoms with Crippen LogP contribution in [0.2, 0.25) is 0 Å². The first-order valence-corrected chi connectivity index (χ1v) is 12.7. The molecule has 0 fully saturated rings. The second-order valence-corrected chi connectivity index (χ2v) is 8.82. The molecule has 4 nitrogen and oxygen atoms in total. The molecule has 0 amide bonds. The van der Waals surface area contributed by atoms with Crippen LogP contribution < -0.4 is 0 Å². The SMILES string of the molecule is CCCCCCCCCC(=O)OC(C)C.CCCCCCCCCC(=O)OC(C)C. The van der Waals surface area contributed by atoms with Gasteiger partial charge in [0.2, 0.25) is 0 Å². The zero-order valence-electron chi connectivity index (χ0n) is 21.1. The largest absolute Gasteiger partial charge is 0.463 e. The molecule has 0 aromatic rings. The van der Waals surface area contributed by atoms with E-state index >= 15 is 0 Å². The molecule has 0 saturated carbocycles. The average Bonchev–Trinajstić information content (AvgIpc) is 2.66. The number of carbonyl (C=O) groups excluding carboxylic acids is 2. The molecule has 0 radical (unpaired) electrons. The topological polar surface area (TPSA) is 52.6 Å².